The van der Waals surface area contributed by atoms with Crippen molar-refractivity contribution < 1.29 is 39.9 Å². The molecule has 1 aliphatic rings. The maximum Gasteiger partial charge on any atom is 0.432 e. The summed E-state index contributed by atoms with van der Waals surface area (Å²) >= 11 is 0. The highest BCUT2D eigenvalue weighted by Crippen LogP contribution is 2.34. The fourth-order valence-corrected chi connectivity index (χ4v) is 4.02. The third-order valence-corrected chi connectivity index (χ3v) is 5.86. The van der Waals surface area contributed by atoms with Crippen LogP contribution < -0.4 is 10.1 Å². The molecular weight excluding hydrogens is 496 g/mol. The molecule has 11 heteroatoms. The molecule has 0 saturated heterocycles. The van der Waals surface area contributed by atoms with Gasteiger partial charge in [0.15, 0.2) is 5.75 Å². The Balaban J connectivity index is 1.95. The van der Waals surface area contributed by atoms with E-state index in [1.54, 1.807) is 26.0 Å². The van der Waals surface area contributed by atoms with Crippen LogP contribution in [0.15, 0.2) is 35.0 Å². The van der Waals surface area contributed by atoms with E-state index in [9.17, 15) is 35.1 Å². The van der Waals surface area contributed by atoms with Crippen molar-refractivity contribution in [1.82, 2.24) is 0 Å². The number of rotatable bonds is 6. The molecule has 0 heterocycles. The Morgan fingerprint density at radius 1 is 0.917 bits per heavy atom. The molecule has 36 heavy (non-hydrogen) atoms. The number of ether oxygens (including phenoxy) is 1. The minimum absolute atomic E-state index is 0.0160. The Morgan fingerprint density at radius 3 is 2.00 bits per heavy atom. The zero-order chi connectivity index (χ0) is 26.8. The van der Waals surface area contributed by atoms with Gasteiger partial charge in [0, 0.05) is 11.4 Å². The van der Waals surface area contributed by atoms with E-state index >= 15 is 0 Å². The monoisotopic (exact) mass is 520 g/mol. The first-order valence-corrected chi connectivity index (χ1v) is 11.2. The highest BCUT2D eigenvalue weighted by atomic mass is 19.4. The Hall–Kier alpha value is -3.11. The summed E-state index contributed by atoms with van der Waals surface area (Å²) in [5.41, 5.74) is 1.14. The first-order chi connectivity index (χ1) is 16.8. The molecule has 2 atom stereocenters. The van der Waals surface area contributed by atoms with Crippen molar-refractivity contribution in [2.75, 3.05) is 5.32 Å². The van der Waals surface area contributed by atoms with Gasteiger partial charge in [0.25, 0.3) is 0 Å². The number of allylic oxidation sites excluding steroid dienone is 2. The van der Waals surface area contributed by atoms with Gasteiger partial charge in [-0.25, -0.2) is 13.2 Å². The van der Waals surface area contributed by atoms with E-state index < -0.39 is 58.9 Å². The molecule has 1 saturated carbocycles. The van der Waals surface area contributed by atoms with E-state index in [4.69, 9.17) is 4.74 Å². The first kappa shape index (κ1) is 27.5. The van der Waals surface area contributed by atoms with E-state index in [-0.39, 0.29) is 18.5 Å². The van der Waals surface area contributed by atoms with Crippen LogP contribution >= 0.6 is 0 Å². The molecule has 1 aliphatic carbocycles. The number of benzene rings is 2. The molecule has 0 amide bonds. The molecule has 0 spiro atoms. The molecule has 2 aromatic carbocycles. The summed E-state index contributed by atoms with van der Waals surface area (Å²) < 4.78 is 115. The Kier molecular flexibility index (Phi) is 8.30. The molecule has 0 unspecified atom stereocenters. The summed E-state index contributed by atoms with van der Waals surface area (Å²) in [6.07, 6.45) is -4.47. The second-order valence-electron chi connectivity index (χ2n) is 8.64. The second kappa shape index (κ2) is 10.9. The predicted molar refractivity (Wildman–Crippen MR) is 120 cm³/mol. The zero-order valence-electron chi connectivity index (χ0n) is 19.7. The summed E-state index contributed by atoms with van der Waals surface area (Å²) in [6.45, 7) is 5.02. The normalized spacial score (nSPS) is 19.4. The summed E-state index contributed by atoms with van der Waals surface area (Å²) in [5, 5.41) is 2.93. The van der Waals surface area contributed by atoms with E-state index in [1.807, 2.05) is 6.07 Å². The highest BCUT2D eigenvalue weighted by Gasteiger charge is 2.38. The maximum absolute atomic E-state index is 14.1. The summed E-state index contributed by atoms with van der Waals surface area (Å²) in [7, 11) is 0. The van der Waals surface area contributed by atoms with Gasteiger partial charge < -0.3 is 10.1 Å². The number of anilines is 1. The van der Waals surface area contributed by atoms with E-state index in [1.165, 1.54) is 6.92 Å². The van der Waals surface area contributed by atoms with Crippen LogP contribution in [0, 0.1) is 42.9 Å². The average molecular weight is 520 g/mol. The fourth-order valence-electron chi connectivity index (χ4n) is 4.02. The van der Waals surface area contributed by atoms with Crippen LogP contribution in [0.3, 0.4) is 0 Å². The Morgan fingerprint density at radius 2 is 1.44 bits per heavy atom. The number of hydrogen-bond donors (Lipinski definition) is 1. The largest absolute Gasteiger partial charge is 0.482 e. The third-order valence-electron chi connectivity index (χ3n) is 5.86. The molecule has 196 valence electrons. The highest BCUT2D eigenvalue weighted by molar-refractivity contribution is 6.00. The molecule has 0 aromatic heterocycles. The zero-order valence-corrected chi connectivity index (χ0v) is 19.7. The van der Waals surface area contributed by atoms with Gasteiger partial charge >= 0.3 is 6.18 Å². The number of halogens is 8. The van der Waals surface area contributed by atoms with Gasteiger partial charge in [-0.1, -0.05) is 24.6 Å². The van der Waals surface area contributed by atoms with Crippen LogP contribution in [0.2, 0.25) is 0 Å². The lowest BCUT2D eigenvalue weighted by molar-refractivity contribution is -0.0584. The molecule has 0 bridgehead atoms. The Bertz CT molecular complexity index is 1140. The lowest BCUT2D eigenvalue weighted by Gasteiger charge is -2.30. The molecule has 0 aliphatic heterocycles. The fraction of sp³-hybridized carbons (Fsp3) is 0.400. The molecule has 1 N–H and O–H groups in total. The van der Waals surface area contributed by atoms with Gasteiger partial charge in [-0.2, -0.15) is 22.0 Å². The number of aliphatic imine (C=N–C) groups is 1. The lowest BCUT2D eigenvalue weighted by Crippen LogP contribution is -2.36. The van der Waals surface area contributed by atoms with Crippen molar-refractivity contribution in [2.24, 2.45) is 4.99 Å². The van der Waals surface area contributed by atoms with E-state index in [0.29, 0.717) is 18.5 Å². The Labute approximate surface area is 202 Å². The van der Waals surface area contributed by atoms with Crippen molar-refractivity contribution in [3.8, 4) is 5.75 Å². The van der Waals surface area contributed by atoms with E-state index in [0.717, 1.165) is 17.2 Å². The SMILES string of the molecule is C/C(=C/C(=N[C@H]1CCCC[C@@H]1Oc1c(F)c(F)c(F)c(F)c1F)C(F)(F)F)Nc1c(C)cccc1C. The van der Waals surface area contributed by atoms with E-state index in [2.05, 4.69) is 10.3 Å². The number of hydrogen-bond acceptors (Lipinski definition) is 3. The predicted octanol–water partition coefficient (Wildman–Crippen LogP) is 7.71. The molecule has 2 aromatic rings. The standard InChI is InChI=1S/C25H24F8N2O/c1-12-7-6-8-13(2)23(12)34-14(3)11-17(25(31,32)33)35-15-9-4-5-10-16(15)36-24-21(29)19(27)18(26)20(28)22(24)30/h6-8,11,15-16,34H,4-5,9-10H2,1-3H3/b14-11-,35-17?/t15-,16-/m0/s1. The quantitative estimate of drug-likeness (QED) is 0.183. The lowest BCUT2D eigenvalue weighted by atomic mass is 9.92. The molecule has 0 radical (unpaired) electrons. The van der Waals surface area contributed by atoms with Crippen molar-refractivity contribution in [3.05, 3.63) is 70.2 Å². The van der Waals surface area contributed by atoms with Crippen LogP contribution in [-0.4, -0.2) is 24.0 Å². The van der Waals surface area contributed by atoms with Crippen LogP contribution in [0.4, 0.5) is 40.8 Å². The minimum Gasteiger partial charge on any atom is -0.482 e. The second-order valence-corrected chi connectivity index (χ2v) is 8.64. The van der Waals surface area contributed by atoms with Crippen LogP contribution in [0.1, 0.15) is 43.7 Å². The van der Waals surface area contributed by atoms with Crippen molar-refractivity contribution in [2.45, 2.75) is 64.8 Å². The van der Waals surface area contributed by atoms with Crippen molar-refractivity contribution in [1.29, 1.82) is 0 Å². The average Bonchev–Trinajstić information content (AvgIpc) is 2.81. The van der Waals surface area contributed by atoms with Gasteiger partial charge in [-0.15, -0.1) is 0 Å². The third kappa shape index (κ3) is 5.99. The number of nitrogens with one attached hydrogen (secondary N) is 1. The smallest absolute Gasteiger partial charge is 0.432 e. The molecule has 1 fully saturated rings. The molecule has 3 rings (SSSR count). The number of aryl methyl sites for hydroxylation is 2. The minimum atomic E-state index is -4.88. The first-order valence-electron chi connectivity index (χ1n) is 11.2. The van der Waals surface area contributed by atoms with Gasteiger partial charge in [-0.3, -0.25) is 4.99 Å². The van der Waals surface area contributed by atoms with Gasteiger partial charge in [0.05, 0.1) is 6.04 Å². The van der Waals surface area contributed by atoms with Crippen molar-refractivity contribution >= 4 is 11.4 Å². The summed E-state index contributed by atoms with van der Waals surface area (Å²) in [6, 6.07) is 4.18. The molecule has 3 nitrogen and oxygen atoms in total. The number of alkyl halides is 3. The number of nitrogens with zero attached hydrogens (tertiary/aromatic N) is 1. The van der Waals surface area contributed by atoms with Crippen LogP contribution in [-0.2, 0) is 0 Å². The topological polar surface area (TPSA) is 33.6 Å². The van der Waals surface area contributed by atoms with Gasteiger partial charge in [-0.05, 0) is 57.2 Å². The van der Waals surface area contributed by atoms with Gasteiger partial charge in [0.1, 0.15) is 11.8 Å². The summed E-state index contributed by atoms with van der Waals surface area (Å²) in [5.74, 6) is -12.7. The van der Waals surface area contributed by atoms with Crippen molar-refractivity contribution in [3.63, 3.8) is 0 Å². The number of para-hydroxylation sites is 1. The van der Waals surface area contributed by atoms with Crippen LogP contribution in [0.5, 0.6) is 5.75 Å². The summed E-state index contributed by atoms with van der Waals surface area (Å²) in [4.78, 5) is 3.78. The maximum atomic E-state index is 14.1. The van der Waals surface area contributed by atoms with Crippen LogP contribution in [0.25, 0.3) is 0 Å². The molecular formula is C25H24F8N2O. The van der Waals surface area contributed by atoms with Gasteiger partial charge in [0.2, 0.25) is 29.1 Å².